The van der Waals surface area contributed by atoms with E-state index in [1.54, 1.807) is 11.7 Å². The Bertz CT molecular complexity index is 904. The van der Waals surface area contributed by atoms with Crippen LogP contribution in [0.2, 0.25) is 0 Å². The molecular weight excluding hydrogens is 346 g/mol. The number of amides is 1. The predicted molar refractivity (Wildman–Crippen MR) is 91.7 cm³/mol. The summed E-state index contributed by atoms with van der Waals surface area (Å²) in [6.45, 7) is 2.65. The van der Waals surface area contributed by atoms with E-state index in [-0.39, 0.29) is 12.7 Å². The van der Waals surface area contributed by atoms with E-state index in [1.807, 2.05) is 25.1 Å². The molecule has 0 atom stereocenters. The van der Waals surface area contributed by atoms with Crippen molar-refractivity contribution in [2.24, 2.45) is 0 Å². The summed E-state index contributed by atoms with van der Waals surface area (Å²) in [5.41, 5.74) is 3.63. The minimum Gasteiger partial charge on any atom is -0.454 e. The van der Waals surface area contributed by atoms with Gasteiger partial charge in [-0.25, -0.2) is 9.97 Å². The van der Waals surface area contributed by atoms with Gasteiger partial charge in [-0.3, -0.25) is 4.79 Å². The Kier molecular flexibility index (Phi) is 3.91. The highest BCUT2D eigenvalue weighted by molar-refractivity contribution is 7.16. The zero-order valence-electron chi connectivity index (χ0n) is 12.7. The van der Waals surface area contributed by atoms with Gasteiger partial charge in [0.1, 0.15) is 9.88 Å². The number of hydrogen-bond donors (Lipinski definition) is 1. The Morgan fingerprint density at radius 1 is 1.29 bits per heavy atom. The van der Waals surface area contributed by atoms with Crippen molar-refractivity contribution in [2.75, 3.05) is 6.79 Å². The third-order valence-corrected chi connectivity index (χ3v) is 5.58. The van der Waals surface area contributed by atoms with Crippen molar-refractivity contribution in [1.82, 2.24) is 15.3 Å². The van der Waals surface area contributed by atoms with Crippen LogP contribution in [0.5, 0.6) is 11.5 Å². The summed E-state index contributed by atoms with van der Waals surface area (Å²) in [5.74, 6) is 1.30. The second kappa shape index (κ2) is 6.21. The van der Waals surface area contributed by atoms with Gasteiger partial charge >= 0.3 is 0 Å². The van der Waals surface area contributed by atoms with Gasteiger partial charge in [-0.15, -0.1) is 22.7 Å². The first-order chi connectivity index (χ1) is 11.7. The molecule has 1 aliphatic rings. The van der Waals surface area contributed by atoms with Crippen LogP contribution < -0.4 is 14.8 Å². The van der Waals surface area contributed by atoms with Crippen LogP contribution in [0.3, 0.4) is 0 Å². The monoisotopic (exact) mass is 359 g/mol. The lowest BCUT2D eigenvalue weighted by Gasteiger charge is -2.01. The van der Waals surface area contributed by atoms with Gasteiger partial charge < -0.3 is 14.8 Å². The Balaban J connectivity index is 1.48. The second-order valence-electron chi connectivity index (χ2n) is 5.14. The van der Waals surface area contributed by atoms with E-state index in [4.69, 9.17) is 9.47 Å². The van der Waals surface area contributed by atoms with Gasteiger partial charge in [0.25, 0.3) is 5.91 Å². The number of ether oxygens (including phenoxy) is 2. The lowest BCUT2D eigenvalue weighted by molar-refractivity contribution is 0.0955. The highest BCUT2D eigenvalue weighted by atomic mass is 32.1. The quantitative estimate of drug-likeness (QED) is 0.774. The van der Waals surface area contributed by atoms with E-state index in [0.717, 1.165) is 26.9 Å². The molecule has 122 valence electrons. The van der Waals surface area contributed by atoms with Gasteiger partial charge in [-0.05, 0) is 25.1 Å². The van der Waals surface area contributed by atoms with E-state index < -0.39 is 0 Å². The molecule has 24 heavy (non-hydrogen) atoms. The van der Waals surface area contributed by atoms with E-state index in [2.05, 4.69) is 15.3 Å². The molecule has 8 heteroatoms. The molecule has 0 radical (unpaired) electrons. The number of rotatable bonds is 4. The van der Waals surface area contributed by atoms with Crippen LogP contribution in [0.25, 0.3) is 10.6 Å². The van der Waals surface area contributed by atoms with E-state index in [9.17, 15) is 4.79 Å². The van der Waals surface area contributed by atoms with Gasteiger partial charge in [0.05, 0.1) is 23.9 Å². The molecule has 0 bridgehead atoms. The second-order valence-corrected chi connectivity index (χ2v) is 7.11. The van der Waals surface area contributed by atoms with Crippen LogP contribution >= 0.6 is 22.7 Å². The fourth-order valence-electron chi connectivity index (χ4n) is 2.29. The Labute approximate surface area is 146 Å². The normalized spacial score (nSPS) is 12.4. The van der Waals surface area contributed by atoms with Gasteiger partial charge in [-0.1, -0.05) is 0 Å². The number of benzene rings is 1. The van der Waals surface area contributed by atoms with E-state index in [1.165, 1.54) is 22.7 Å². The van der Waals surface area contributed by atoms with Gasteiger partial charge in [0.2, 0.25) is 6.79 Å². The molecule has 1 N–H and O–H groups in total. The van der Waals surface area contributed by atoms with Gasteiger partial charge in [0.15, 0.2) is 11.5 Å². The lowest BCUT2D eigenvalue weighted by atomic mass is 10.2. The molecule has 3 aromatic rings. The van der Waals surface area contributed by atoms with Crippen molar-refractivity contribution in [3.8, 4) is 22.1 Å². The third kappa shape index (κ3) is 2.85. The summed E-state index contributed by atoms with van der Waals surface area (Å²) in [5, 5.41) is 3.68. The molecule has 0 aliphatic carbocycles. The van der Waals surface area contributed by atoms with E-state index >= 15 is 0 Å². The Hall–Kier alpha value is -2.45. The smallest absolute Gasteiger partial charge is 0.263 e. The molecule has 4 rings (SSSR count). The summed E-state index contributed by atoms with van der Waals surface area (Å²) in [4.78, 5) is 22.4. The first kappa shape index (κ1) is 15.1. The zero-order chi connectivity index (χ0) is 16.5. The minimum absolute atomic E-state index is 0.132. The molecule has 0 saturated heterocycles. The number of carbonyl (C=O) groups excluding carboxylic acids is 1. The number of carbonyl (C=O) groups is 1. The molecule has 6 nitrogen and oxygen atoms in total. The number of nitrogens with zero attached hydrogens (tertiary/aromatic N) is 2. The van der Waals surface area contributed by atoms with Crippen LogP contribution in [0.1, 0.15) is 20.2 Å². The average Bonchev–Trinajstić information content (AvgIpc) is 3.32. The van der Waals surface area contributed by atoms with Crippen molar-refractivity contribution in [3.63, 3.8) is 0 Å². The first-order valence-corrected chi connectivity index (χ1v) is 8.93. The molecule has 0 unspecified atom stereocenters. The fourth-order valence-corrected chi connectivity index (χ4v) is 3.83. The summed E-state index contributed by atoms with van der Waals surface area (Å²) < 4.78 is 10.7. The predicted octanol–water partition coefficient (Wildman–Crippen LogP) is 3.23. The molecule has 2 aromatic heterocycles. The van der Waals surface area contributed by atoms with Crippen LogP contribution in [-0.2, 0) is 6.54 Å². The van der Waals surface area contributed by atoms with Crippen molar-refractivity contribution >= 4 is 28.6 Å². The fraction of sp³-hybridized carbons (Fsp3) is 0.188. The SMILES string of the molecule is Cc1ncsc1CNC(=O)c1cnc(-c2ccc3c(c2)OCO3)s1. The maximum absolute atomic E-state index is 12.3. The molecular formula is C16H13N3O3S2. The molecule has 1 aromatic carbocycles. The average molecular weight is 359 g/mol. The van der Waals surface area contributed by atoms with Gasteiger partial charge in [-0.2, -0.15) is 0 Å². The van der Waals surface area contributed by atoms with E-state index in [0.29, 0.717) is 17.2 Å². The minimum atomic E-state index is -0.132. The van der Waals surface area contributed by atoms with Gasteiger partial charge in [0, 0.05) is 10.4 Å². The number of aromatic nitrogens is 2. The molecule has 0 spiro atoms. The Morgan fingerprint density at radius 2 is 2.17 bits per heavy atom. The van der Waals surface area contributed by atoms with Crippen LogP contribution in [0.4, 0.5) is 0 Å². The summed E-state index contributed by atoms with van der Waals surface area (Å²) >= 11 is 2.89. The van der Waals surface area contributed by atoms with Crippen molar-refractivity contribution in [3.05, 3.63) is 45.4 Å². The summed E-state index contributed by atoms with van der Waals surface area (Å²) in [6.07, 6.45) is 1.60. The maximum Gasteiger partial charge on any atom is 0.263 e. The number of fused-ring (bicyclic) bond motifs is 1. The summed E-state index contributed by atoms with van der Waals surface area (Å²) in [6, 6.07) is 5.64. The number of thiazole rings is 2. The number of aryl methyl sites for hydroxylation is 1. The largest absolute Gasteiger partial charge is 0.454 e. The lowest BCUT2D eigenvalue weighted by Crippen LogP contribution is -2.21. The number of hydrogen-bond acceptors (Lipinski definition) is 7. The van der Waals surface area contributed by atoms with Crippen molar-refractivity contribution in [2.45, 2.75) is 13.5 Å². The summed E-state index contributed by atoms with van der Waals surface area (Å²) in [7, 11) is 0. The van der Waals surface area contributed by atoms with Crippen LogP contribution in [0, 0.1) is 6.92 Å². The molecule has 1 aliphatic heterocycles. The zero-order valence-corrected chi connectivity index (χ0v) is 14.4. The molecule has 3 heterocycles. The first-order valence-electron chi connectivity index (χ1n) is 7.24. The van der Waals surface area contributed by atoms with Crippen molar-refractivity contribution < 1.29 is 14.3 Å². The standard InChI is InChI=1S/C16H13N3O3S2/c1-9-13(23-7-19-9)5-17-15(20)14-6-18-16(24-14)10-2-3-11-12(4-10)22-8-21-11/h2-4,6-7H,5,8H2,1H3,(H,17,20). The maximum atomic E-state index is 12.3. The van der Waals surface area contributed by atoms with Crippen molar-refractivity contribution in [1.29, 1.82) is 0 Å². The van der Waals surface area contributed by atoms with Crippen LogP contribution in [0.15, 0.2) is 29.9 Å². The molecule has 0 fully saturated rings. The highest BCUT2D eigenvalue weighted by Crippen LogP contribution is 2.36. The number of nitrogens with one attached hydrogen (secondary N) is 1. The molecule has 0 saturated carbocycles. The topological polar surface area (TPSA) is 73.3 Å². The Morgan fingerprint density at radius 3 is 3.00 bits per heavy atom. The molecule has 1 amide bonds. The third-order valence-electron chi connectivity index (χ3n) is 3.60. The van der Waals surface area contributed by atoms with Crippen LogP contribution in [-0.4, -0.2) is 22.7 Å². The highest BCUT2D eigenvalue weighted by Gasteiger charge is 2.17.